The zero-order chi connectivity index (χ0) is 15.1. The monoisotopic (exact) mass is 285 g/mol. The summed E-state index contributed by atoms with van der Waals surface area (Å²) in [5.41, 5.74) is 12.7. The van der Waals surface area contributed by atoms with Crippen LogP contribution in [0.15, 0.2) is 18.2 Å². The number of benzene rings is 1. The molecule has 0 bridgehead atoms. The van der Waals surface area contributed by atoms with Gasteiger partial charge in [-0.05, 0) is 62.4 Å². The molecule has 1 aliphatic carbocycles. The Kier molecular flexibility index (Phi) is 3.49. The molecule has 1 aromatic carbocycles. The molecule has 0 aliphatic heterocycles. The molecule has 21 heavy (non-hydrogen) atoms. The molecule has 2 N–H and O–H groups in total. The predicted octanol–water partition coefficient (Wildman–Crippen LogP) is 3.00. The van der Waals surface area contributed by atoms with Crippen LogP contribution < -0.4 is 10.5 Å². The van der Waals surface area contributed by atoms with Crippen LogP contribution in [0, 0.1) is 20.8 Å². The molecule has 1 aliphatic rings. The number of hydrogen-bond donors (Lipinski definition) is 1. The van der Waals surface area contributed by atoms with Gasteiger partial charge in [0.15, 0.2) is 0 Å². The molecule has 1 heterocycles. The molecule has 1 aromatic heterocycles. The maximum atomic E-state index is 6.54. The Labute approximate surface area is 125 Å². The van der Waals surface area contributed by atoms with E-state index in [-0.39, 0.29) is 12.1 Å². The normalized spacial score (nSPS) is 21.2. The Balaban J connectivity index is 1.98. The van der Waals surface area contributed by atoms with Crippen molar-refractivity contribution >= 4 is 0 Å². The lowest BCUT2D eigenvalue weighted by Crippen LogP contribution is -2.31. The molecule has 2 atom stereocenters. The number of hydrogen-bond acceptors (Lipinski definition) is 3. The summed E-state index contributed by atoms with van der Waals surface area (Å²) in [6.45, 7) is 6.32. The van der Waals surface area contributed by atoms with Gasteiger partial charge < -0.3 is 10.5 Å². The van der Waals surface area contributed by atoms with Crippen molar-refractivity contribution in [3.8, 4) is 5.75 Å². The number of rotatable bonds is 2. The minimum absolute atomic E-state index is 0.0166. The standard InChI is InChI=1S/C17H23N3O/c1-10-11(2)19-20(12(10)3)16-8-5-13-9-14(21-4)6-7-15(13)17(16)18/h6-7,9,16-17H,5,8,18H2,1-4H3. The number of fused-ring (bicyclic) bond motifs is 1. The van der Waals surface area contributed by atoms with Crippen LogP contribution >= 0.6 is 0 Å². The van der Waals surface area contributed by atoms with Crippen LogP contribution in [-0.4, -0.2) is 16.9 Å². The van der Waals surface area contributed by atoms with Crippen molar-refractivity contribution in [2.24, 2.45) is 5.73 Å². The van der Waals surface area contributed by atoms with Crippen molar-refractivity contribution in [3.63, 3.8) is 0 Å². The van der Waals surface area contributed by atoms with Crippen molar-refractivity contribution in [3.05, 3.63) is 46.3 Å². The summed E-state index contributed by atoms with van der Waals surface area (Å²) in [4.78, 5) is 0. The van der Waals surface area contributed by atoms with E-state index in [4.69, 9.17) is 15.6 Å². The Morgan fingerprint density at radius 3 is 2.67 bits per heavy atom. The van der Waals surface area contributed by atoms with E-state index in [1.54, 1.807) is 7.11 Å². The van der Waals surface area contributed by atoms with Gasteiger partial charge in [-0.15, -0.1) is 0 Å². The quantitative estimate of drug-likeness (QED) is 0.923. The number of nitrogens with zero attached hydrogens (tertiary/aromatic N) is 2. The number of nitrogens with two attached hydrogens (primary N) is 1. The zero-order valence-corrected chi connectivity index (χ0v) is 13.2. The number of aromatic nitrogens is 2. The van der Waals surface area contributed by atoms with Gasteiger partial charge in [-0.2, -0.15) is 5.10 Å². The summed E-state index contributed by atoms with van der Waals surface area (Å²) >= 11 is 0. The van der Waals surface area contributed by atoms with Gasteiger partial charge >= 0.3 is 0 Å². The van der Waals surface area contributed by atoms with Crippen LogP contribution in [0.25, 0.3) is 0 Å². The number of ether oxygens (including phenoxy) is 1. The van der Waals surface area contributed by atoms with Crippen molar-refractivity contribution in [1.29, 1.82) is 0 Å². The Hall–Kier alpha value is -1.81. The Bertz CT molecular complexity index is 675. The van der Waals surface area contributed by atoms with Crippen molar-refractivity contribution < 1.29 is 4.74 Å². The molecule has 0 spiro atoms. The highest BCUT2D eigenvalue weighted by atomic mass is 16.5. The summed E-state index contributed by atoms with van der Waals surface area (Å²) in [5, 5.41) is 4.70. The topological polar surface area (TPSA) is 53.1 Å². The fraction of sp³-hybridized carbons (Fsp3) is 0.471. The lowest BCUT2D eigenvalue weighted by molar-refractivity contribution is 0.334. The smallest absolute Gasteiger partial charge is 0.119 e. The van der Waals surface area contributed by atoms with E-state index in [1.165, 1.54) is 22.4 Å². The average molecular weight is 285 g/mol. The van der Waals surface area contributed by atoms with Crippen LogP contribution in [0.3, 0.4) is 0 Å². The van der Waals surface area contributed by atoms with Gasteiger partial charge in [0.05, 0.1) is 24.9 Å². The maximum absolute atomic E-state index is 6.54. The van der Waals surface area contributed by atoms with Crippen LogP contribution in [0.5, 0.6) is 5.75 Å². The first kappa shape index (κ1) is 14.1. The fourth-order valence-corrected chi connectivity index (χ4v) is 3.28. The van der Waals surface area contributed by atoms with Gasteiger partial charge in [-0.25, -0.2) is 0 Å². The van der Waals surface area contributed by atoms with E-state index < -0.39 is 0 Å². The van der Waals surface area contributed by atoms with E-state index in [0.717, 1.165) is 24.3 Å². The molecule has 0 fully saturated rings. The molecular formula is C17H23N3O. The van der Waals surface area contributed by atoms with E-state index >= 15 is 0 Å². The molecule has 4 heteroatoms. The summed E-state index contributed by atoms with van der Waals surface area (Å²) in [7, 11) is 1.70. The number of aryl methyl sites for hydroxylation is 2. The van der Waals surface area contributed by atoms with E-state index in [1.807, 2.05) is 6.07 Å². The lowest BCUT2D eigenvalue weighted by atomic mass is 9.84. The van der Waals surface area contributed by atoms with Crippen LogP contribution in [0.1, 0.15) is 46.6 Å². The lowest BCUT2D eigenvalue weighted by Gasteiger charge is -2.32. The van der Waals surface area contributed by atoms with Gasteiger partial charge in [0, 0.05) is 5.69 Å². The molecule has 4 nitrogen and oxygen atoms in total. The molecule has 0 radical (unpaired) electrons. The maximum Gasteiger partial charge on any atom is 0.119 e. The van der Waals surface area contributed by atoms with Gasteiger partial charge in [0.2, 0.25) is 0 Å². The van der Waals surface area contributed by atoms with Crippen LogP contribution in [0.4, 0.5) is 0 Å². The highest BCUT2D eigenvalue weighted by molar-refractivity contribution is 5.40. The molecule has 3 rings (SSSR count). The molecule has 0 saturated heterocycles. The van der Waals surface area contributed by atoms with Crippen molar-refractivity contribution in [1.82, 2.24) is 9.78 Å². The molecule has 2 unspecified atom stereocenters. The summed E-state index contributed by atoms with van der Waals surface area (Å²) in [6, 6.07) is 6.42. The van der Waals surface area contributed by atoms with Crippen molar-refractivity contribution in [2.75, 3.05) is 7.11 Å². The number of methoxy groups -OCH3 is 1. The van der Waals surface area contributed by atoms with E-state index in [0.29, 0.717) is 0 Å². The van der Waals surface area contributed by atoms with Gasteiger partial charge in [-0.3, -0.25) is 4.68 Å². The van der Waals surface area contributed by atoms with Gasteiger partial charge in [-0.1, -0.05) is 6.07 Å². The second-order valence-corrected chi connectivity index (χ2v) is 5.94. The minimum atomic E-state index is -0.0166. The summed E-state index contributed by atoms with van der Waals surface area (Å²) in [6.07, 6.45) is 2.03. The second-order valence-electron chi connectivity index (χ2n) is 5.94. The van der Waals surface area contributed by atoms with Crippen molar-refractivity contribution in [2.45, 2.75) is 45.7 Å². The fourth-order valence-electron chi connectivity index (χ4n) is 3.28. The van der Waals surface area contributed by atoms with Crippen LogP contribution in [-0.2, 0) is 6.42 Å². The molecule has 0 saturated carbocycles. The summed E-state index contributed by atoms with van der Waals surface area (Å²) < 4.78 is 7.43. The first-order valence-electron chi connectivity index (χ1n) is 7.47. The minimum Gasteiger partial charge on any atom is -0.497 e. The second kappa shape index (κ2) is 5.19. The van der Waals surface area contributed by atoms with E-state index in [2.05, 4.69) is 37.6 Å². The SMILES string of the molecule is COc1ccc2c(c1)CCC(n1nc(C)c(C)c1C)C2N. The van der Waals surface area contributed by atoms with Crippen LogP contribution in [0.2, 0.25) is 0 Å². The molecular weight excluding hydrogens is 262 g/mol. The summed E-state index contributed by atoms with van der Waals surface area (Å²) in [5.74, 6) is 0.904. The van der Waals surface area contributed by atoms with Gasteiger partial charge in [0.25, 0.3) is 0 Å². The Morgan fingerprint density at radius 2 is 2.05 bits per heavy atom. The third-order valence-corrected chi connectivity index (χ3v) is 4.83. The third kappa shape index (κ3) is 2.23. The largest absolute Gasteiger partial charge is 0.497 e. The molecule has 0 amide bonds. The first-order valence-corrected chi connectivity index (χ1v) is 7.47. The molecule has 2 aromatic rings. The molecule has 112 valence electrons. The predicted molar refractivity (Wildman–Crippen MR) is 83.7 cm³/mol. The van der Waals surface area contributed by atoms with Gasteiger partial charge in [0.1, 0.15) is 5.75 Å². The van der Waals surface area contributed by atoms with E-state index in [9.17, 15) is 0 Å². The zero-order valence-electron chi connectivity index (χ0n) is 13.2. The average Bonchev–Trinajstić information content (AvgIpc) is 2.75. The Morgan fingerprint density at radius 1 is 1.29 bits per heavy atom. The highest BCUT2D eigenvalue weighted by Gasteiger charge is 2.30. The third-order valence-electron chi connectivity index (χ3n) is 4.83. The highest BCUT2D eigenvalue weighted by Crippen LogP contribution is 2.38. The first-order chi connectivity index (χ1) is 10.0.